The summed E-state index contributed by atoms with van der Waals surface area (Å²) in [5.74, 6) is 1.57. The molecule has 0 aliphatic heterocycles. The number of aromatic amines is 1. The van der Waals surface area contributed by atoms with Crippen LogP contribution in [0.2, 0.25) is 0 Å². The van der Waals surface area contributed by atoms with Crippen LogP contribution in [0, 0.1) is 4.64 Å². The summed E-state index contributed by atoms with van der Waals surface area (Å²) in [6.07, 6.45) is 4.23. The number of rotatable bonds is 2. The fraction of sp³-hybridized carbons (Fsp3) is 0.188. The first kappa shape index (κ1) is 11.7. The highest BCUT2D eigenvalue weighted by Crippen LogP contribution is 2.38. The van der Waals surface area contributed by atoms with Gasteiger partial charge in [-0.2, -0.15) is 0 Å². The molecule has 2 aromatic heterocycles. The van der Waals surface area contributed by atoms with Crippen molar-refractivity contribution in [1.29, 1.82) is 0 Å². The van der Waals surface area contributed by atoms with Gasteiger partial charge < -0.3 is 4.98 Å². The van der Waals surface area contributed by atoms with Gasteiger partial charge in [0.25, 0.3) is 0 Å². The number of nitrogens with zero attached hydrogens (tertiary/aromatic N) is 2. The minimum absolute atomic E-state index is 0.555. The molecule has 3 nitrogen and oxygen atoms in total. The molecule has 3 aromatic rings. The van der Waals surface area contributed by atoms with Gasteiger partial charge in [0.05, 0.1) is 11.2 Å². The second-order valence-corrected chi connectivity index (χ2v) is 5.59. The van der Waals surface area contributed by atoms with Crippen molar-refractivity contribution < 1.29 is 0 Å². The molecule has 1 aliphatic carbocycles. The van der Waals surface area contributed by atoms with E-state index in [-0.39, 0.29) is 0 Å². The third-order valence-corrected chi connectivity index (χ3v) is 3.86. The second-order valence-electron chi connectivity index (χ2n) is 5.17. The Hall–Kier alpha value is -2.07. The third-order valence-electron chi connectivity index (χ3n) is 3.65. The Morgan fingerprint density at radius 3 is 2.85 bits per heavy atom. The lowest BCUT2D eigenvalue weighted by Gasteiger charge is -2.08. The lowest BCUT2D eigenvalue weighted by atomic mass is 10.1. The van der Waals surface area contributed by atoms with Crippen LogP contribution >= 0.6 is 12.2 Å². The van der Waals surface area contributed by atoms with Crippen molar-refractivity contribution in [2.75, 3.05) is 0 Å². The monoisotopic (exact) mass is 279 g/mol. The van der Waals surface area contributed by atoms with E-state index in [0.29, 0.717) is 10.6 Å². The summed E-state index contributed by atoms with van der Waals surface area (Å²) in [4.78, 5) is 12.4. The number of pyridine rings is 1. The predicted molar refractivity (Wildman–Crippen MR) is 82.1 cm³/mol. The summed E-state index contributed by atoms with van der Waals surface area (Å²) < 4.78 is 0.647. The molecular weight excluding hydrogens is 266 g/mol. The average molecular weight is 279 g/mol. The normalized spacial score (nSPS) is 14.6. The Morgan fingerprint density at radius 2 is 2.00 bits per heavy atom. The molecule has 0 radical (unpaired) electrons. The SMILES string of the molecule is S=c1cc(-c2cccc3cccnc23)[nH]c(C2CC2)n1. The average Bonchev–Trinajstić information content (AvgIpc) is 3.30. The van der Waals surface area contributed by atoms with Gasteiger partial charge in [-0.15, -0.1) is 0 Å². The highest BCUT2D eigenvalue weighted by Gasteiger charge is 2.26. The van der Waals surface area contributed by atoms with Gasteiger partial charge in [0.2, 0.25) is 0 Å². The fourth-order valence-corrected chi connectivity index (χ4v) is 2.71. The molecule has 4 rings (SSSR count). The molecule has 2 heterocycles. The molecule has 1 aliphatic rings. The lowest BCUT2D eigenvalue weighted by Crippen LogP contribution is -1.96. The molecule has 1 saturated carbocycles. The largest absolute Gasteiger partial charge is 0.343 e. The summed E-state index contributed by atoms with van der Waals surface area (Å²) in [6, 6.07) is 12.1. The number of para-hydroxylation sites is 1. The number of fused-ring (bicyclic) bond motifs is 1. The standard InChI is InChI=1S/C16H13N3S/c20-14-9-13(18-16(19-14)11-6-7-11)12-5-1-3-10-4-2-8-17-15(10)12/h1-5,8-9,11H,6-7H2,(H,18,19,20). The first-order valence-electron chi connectivity index (χ1n) is 6.77. The van der Waals surface area contributed by atoms with Crippen LogP contribution in [0.15, 0.2) is 42.6 Å². The molecule has 0 atom stereocenters. The van der Waals surface area contributed by atoms with Crippen LogP contribution < -0.4 is 0 Å². The number of benzene rings is 1. The first-order valence-corrected chi connectivity index (χ1v) is 7.17. The highest BCUT2D eigenvalue weighted by molar-refractivity contribution is 7.71. The second kappa shape index (κ2) is 4.49. The molecule has 1 fully saturated rings. The Labute approximate surface area is 121 Å². The Balaban J connectivity index is 1.97. The van der Waals surface area contributed by atoms with Crippen LogP contribution in [0.3, 0.4) is 0 Å². The van der Waals surface area contributed by atoms with Crippen molar-refractivity contribution in [1.82, 2.24) is 15.0 Å². The predicted octanol–water partition coefficient (Wildman–Crippen LogP) is 4.23. The molecule has 0 saturated heterocycles. The smallest absolute Gasteiger partial charge is 0.130 e. The minimum Gasteiger partial charge on any atom is -0.343 e. The minimum atomic E-state index is 0.555. The number of H-pyrrole nitrogens is 1. The van der Waals surface area contributed by atoms with Gasteiger partial charge in [-0.25, -0.2) is 4.98 Å². The number of aromatic nitrogens is 3. The van der Waals surface area contributed by atoms with E-state index in [0.717, 1.165) is 28.0 Å². The maximum Gasteiger partial charge on any atom is 0.130 e. The number of hydrogen-bond donors (Lipinski definition) is 1. The van der Waals surface area contributed by atoms with Crippen LogP contribution in [0.1, 0.15) is 24.6 Å². The maximum absolute atomic E-state index is 5.31. The highest BCUT2D eigenvalue weighted by atomic mass is 32.1. The van der Waals surface area contributed by atoms with Crippen molar-refractivity contribution in [3.05, 3.63) is 53.1 Å². The zero-order chi connectivity index (χ0) is 13.5. The summed E-state index contributed by atoms with van der Waals surface area (Å²) in [5, 5.41) is 1.13. The van der Waals surface area contributed by atoms with E-state index in [2.05, 4.69) is 33.2 Å². The molecular formula is C16H13N3S. The molecule has 0 bridgehead atoms. The molecule has 0 amide bonds. The van der Waals surface area contributed by atoms with E-state index in [1.165, 1.54) is 12.8 Å². The maximum atomic E-state index is 5.31. The van der Waals surface area contributed by atoms with Gasteiger partial charge in [0.15, 0.2) is 0 Å². The first-order chi connectivity index (χ1) is 9.81. The van der Waals surface area contributed by atoms with Gasteiger partial charge in [0.1, 0.15) is 10.5 Å². The van der Waals surface area contributed by atoms with E-state index in [9.17, 15) is 0 Å². The van der Waals surface area contributed by atoms with E-state index in [4.69, 9.17) is 12.2 Å². The molecule has 4 heteroatoms. The Morgan fingerprint density at radius 1 is 1.15 bits per heavy atom. The molecule has 20 heavy (non-hydrogen) atoms. The van der Waals surface area contributed by atoms with Crippen molar-refractivity contribution in [3.63, 3.8) is 0 Å². The van der Waals surface area contributed by atoms with Gasteiger partial charge in [-0.05, 0) is 25.0 Å². The Bertz CT molecular complexity index is 844. The summed E-state index contributed by atoms with van der Waals surface area (Å²) in [5.41, 5.74) is 3.09. The summed E-state index contributed by atoms with van der Waals surface area (Å²) in [7, 11) is 0. The van der Waals surface area contributed by atoms with Crippen molar-refractivity contribution in [2.24, 2.45) is 0 Å². The van der Waals surface area contributed by atoms with Crippen LogP contribution in [-0.4, -0.2) is 15.0 Å². The molecule has 1 N–H and O–H groups in total. The zero-order valence-corrected chi connectivity index (χ0v) is 11.7. The van der Waals surface area contributed by atoms with Crippen LogP contribution in [0.25, 0.3) is 22.2 Å². The Kier molecular flexibility index (Phi) is 2.63. The number of nitrogens with one attached hydrogen (secondary N) is 1. The van der Waals surface area contributed by atoms with Crippen molar-refractivity contribution in [2.45, 2.75) is 18.8 Å². The van der Waals surface area contributed by atoms with Gasteiger partial charge in [-0.1, -0.05) is 36.5 Å². The van der Waals surface area contributed by atoms with Gasteiger partial charge in [0, 0.05) is 23.1 Å². The van der Waals surface area contributed by atoms with Crippen molar-refractivity contribution in [3.8, 4) is 11.3 Å². The molecule has 0 spiro atoms. The molecule has 1 aromatic carbocycles. The van der Waals surface area contributed by atoms with E-state index >= 15 is 0 Å². The van der Waals surface area contributed by atoms with Gasteiger partial charge >= 0.3 is 0 Å². The molecule has 98 valence electrons. The lowest BCUT2D eigenvalue weighted by molar-refractivity contribution is 0.924. The zero-order valence-electron chi connectivity index (χ0n) is 10.8. The number of hydrogen-bond acceptors (Lipinski definition) is 3. The van der Waals surface area contributed by atoms with Crippen LogP contribution in [0.5, 0.6) is 0 Å². The quantitative estimate of drug-likeness (QED) is 0.714. The van der Waals surface area contributed by atoms with E-state index in [1.54, 1.807) is 0 Å². The fourth-order valence-electron chi connectivity index (χ4n) is 2.49. The topological polar surface area (TPSA) is 41.6 Å². The summed E-state index contributed by atoms with van der Waals surface area (Å²) >= 11 is 5.31. The van der Waals surface area contributed by atoms with E-state index in [1.807, 2.05) is 24.4 Å². The van der Waals surface area contributed by atoms with Crippen molar-refractivity contribution >= 4 is 23.1 Å². The van der Waals surface area contributed by atoms with E-state index < -0.39 is 0 Å². The molecule has 0 unspecified atom stereocenters. The van der Waals surface area contributed by atoms with Gasteiger partial charge in [-0.3, -0.25) is 4.98 Å². The third kappa shape index (κ3) is 2.02. The van der Waals surface area contributed by atoms with Crippen LogP contribution in [-0.2, 0) is 0 Å². The summed E-state index contributed by atoms with van der Waals surface area (Å²) in [6.45, 7) is 0. The van der Waals surface area contributed by atoms with Crippen LogP contribution in [0.4, 0.5) is 0 Å².